The van der Waals surface area contributed by atoms with Crippen LogP contribution in [0.1, 0.15) is 44.7 Å². The Hall–Kier alpha value is -0.740. The molecule has 124 valence electrons. The smallest absolute Gasteiger partial charge is 0.299 e. The topological polar surface area (TPSA) is 3.24 Å². The van der Waals surface area contributed by atoms with Crippen LogP contribution in [0.15, 0.2) is 18.2 Å². The van der Waals surface area contributed by atoms with Crippen molar-refractivity contribution >= 4 is 11.6 Å². The fourth-order valence-electron chi connectivity index (χ4n) is 2.80. The summed E-state index contributed by atoms with van der Waals surface area (Å²) in [5, 5.41) is 0.699. The van der Waals surface area contributed by atoms with Crippen molar-refractivity contribution in [1.82, 2.24) is 4.90 Å². The molecule has 2 rings (SSSR count). The molecule has 0 radical (unpaired) electrons. The average molecular weight is 334 g/mol. The number of hydrogen-bond donors (Lipinski definition) is 0. The standard InChI is InChI=1S/C17H23ClF3N/c1-16(2,3)14-5-4-12(15(18)10-14)11-22-8-6-13(7-9-22)17(19,20)21/h4-5,10,13H,6-9,11H2,1-3H3. The Balaban J connectivity index is 1.98. The molecule has 0 spiro atoms. The second kappa shape index (κ2) is 6.40. The number of likely N-dealkylation sites (tertiary alicyclic amines) is 1. The molecule has 1 nitrogen and oxygen atoms in total. The van der Waals surface area contributed by atoms with E-state index in [0.717, 1.165) is 11.1 Å². The Morgan fingerprint density at radius 1 is 1.14 bits per heavy atom. The Labute approximate surface area is 135 Å². The molecule has 0 unspecified atom stereocenters. The first-order chi connectivity index (χ1) is 10.1. The molecule has 0 N–H and O–H groups in total. The van der Waals surface area contributed by atoms with E-state index >= 15 is 0 Å². The first-order valence-electron chi connectivity index (χ1n) is 7.65. The molecular formula is C17H23ClF3N. The number of alkyl halides is 3. The number of halogens is 4. The van der Waals surface area contributed by atoms with E-state index in [-0.39, 0.29) is 18.3 Å². The zero-order valence-electron chi connectivity index (χ0n) is 13.3. The zero-order chi connectivity index (χ0) is 16.5. The van der Waals surface area contributed by atoms with E-state index in [1.165, 1.54) is 0 Å². The van der Waals surface area contributed by atoms with Crippen molar-refractivity contribution < 1.29 is 13.2 Å². The van der Waals surface area contributed by atoms with E-state index in [2.05, 4.69) is 31.7 Å². The summed E-state index contributed by atoms with van der Waals surface area (Å²) in [5.41, 5.74) is 2.19. The summed E-state index contributed by atoms with van der Waals surface area (Å²) >= 11 is 6.35. The molecular weight excluding hydrogens is 311 g/mol. The van der Waals surface area contributed by atoms with Gasteiger partial charge in [-0.1, -0.05) is 44.5 Å². The van der Waals surface area contributed by atoms with Gasteiger partial charge >= 0.3 is 6.18 Å². The monoisotopic (exact) mass is 333 g/mol. The Kier molecular flexibility index (Phi) is 5.13. The van der Waals surface area contributed by atoms with Gasteiger partial charge in [0.2, 0.25) is 0 Å². The molecule has 22 heavy (non-hydrogen) atoms. The van der Waals surface area contributed by atoms with Crippen molar-refractivity contribution in [2.24, 2.45) is 5.92 Å². The maximum absolute atomic E-state index is 12.7. The highest BCUT2D eigenvalue weighted by molar-refractivity contribution is 6.31. The van der Waals surface area contributed by atoms with Crippen molar-refractivity contribution in [1.29, 1.82) is 0 Å². The molecule has 1 aromatic rings. The van der Waals surface area contributed by atoms with Gasteiger partial charge in [-0.25, -0.2) is 0 Å². The largest absolute Gasteiger partial charge is 0.391 e. The molecule has 1 aliphatic heterocycles. The fourth-order valence-corrected chi connectivity index (χ4v) is 3.04. The second-order valence-corrected chi connectivity index (χ2v) is 7.56. The Morgan fingerprint density at radius 2 is 1.73 bits per heavy atom. The van der Waals surface area contributed by atoms with Crippen LogP contribution in [-0.4, -0.2) is 24.2 Å². The maximum Gasteiger partial charge on any atom is 0.391 e. The number of benzene rings is 1. The van der Waals surface area contributed by atoms with Crippen LogP contribution in [0.3, 0.4) is 0 Å². The highest BCUT2D eigenvalue weighted by Crippen LogP contribution is 2.35. The van der Waals surface area contributed by atoms with Crippen LogP contribution in [0.25, 0.3) is 0 Å². The minimum absolute atomic E-state index is 0.0349. The predicted molar refractivity (Wildman–Crippen MR) is 84.2 cm³/mol. The molecule has 5 heteroatoms. The lowest BCUT2D eigenvalue weighted by Gasteiger charge is -2.33. The van der Waals surface area contributed by atoms with Gasteiger partial charge in [-0.05, 0) is 48.5 Å². The van der Waals surface area contributed by atoms with Crippen LogP contribution in [0.4, 0.5) is 13.2 Å². The van der Waals surface area contributed by atoms with Crippen LogP contribution in [0.2, 0.25) is 5.02 Å². The van der Waals surface area contributed by atoms with Gasteiger partial charge in [-0.2, -0.15) is 13.2 Å². The van der Waals surface area contributed by atoms with Crippen LogP contribution >= 0.6 is 11.6 Å². The predicted octanol–water partition coefficient (Wildman–Crippen LogP) is 5.41. The Bertz CT molecular complexity index is 512. The molecule has 1 heterocycles. The number of nitrogens with zero attached hydrogens (tertiary/aromatic N) is 1. The third-order valence-electron chi connectivity index (χ3n) is 4.36. The highest BCUT2D eigenvalue weighted by Gasteiger charge is 2.40. The van der Waals surface area contributed by atoms with Gasteiger partial charge in [0, 0.05) is 11.6 Å². The summed E-state index contributed by atoms with van der Waals surface area (Å²) in [6.07, 6.45) is -3.69. The van der Waals surface area contributed by atoms with E-state index in [1.807, 2.05) is 12.1 Å². The van der Waals surface area contributed by atoms with E-state index in [1.54, 1.807) is 0 Å². The third-order valence-corrected chi connectivity index (χ3v) is 4.72. The van der Waals surface area contributed by atoms with Gasteiger partial charge in [0.15, 0.2) is 0 Å². The van der Waals surface area contributed by atoms with Crippen molar-refractivity contribution in [3.05, 3.63) is 34.3 Å². The first-order valence-corrected chi connectivity index (χ1v) is 8.03. The number of hydrogen-bond acceptors (Lipinski definition) is 1. The van der Waals surface area contributed by atoms with E-state index in [0.29, 0.717) is 24.7 Å². The normalized spacial score (nSPS) is 18.7. The minimum Gasteiger partial charge on any atom is -0.299 e. The van der Waals surface area contributed by atoms with Gasteiger partial charge in [-0.3, -0.25) is 4.90 Å². The highest BCUT2D eigenvalue weighted by atomic mass is 35.5. The maximum atomic E-state index is 12.7. The molecule has 0 amide bonds. The SMILES string of the molecule is CC(C)(C)c1ccc(CN2CCC(C(F)(F)F)CC2)c(Cl)c1. The second-order valence-electron chi connectivity index (χ2n) is 7.15. The van der Waals surface area contributed by atoms with Crippen molar-refractivity contribution in [3.63, 3.8) is 0 Å². The Morgan fingerprint density at radius 3 is 2.18 bits per heavy atom. The van der Waals surface area contributed by atoms with Crippen molar-refractivity contribution in [3.8, 4) is 0 Å². The molecule has 1 aromatic carbocycles. The zero-order valence-corrected chi connectivity index (χ0v) is 14.1. The van der Waals surface area contributed by atoms with Crippen LogP contribution < -0.4 is 0 Å². The molecule has 0 saturated carbocycles. The lowest BCUT2D eigenvalue weighted by Crippen LogP contribution is -2.38. The van der Waals surface area contributed by atoms with Crippen LogP contribution in [-0.2, 0) is 12.0 Å². The van der Waals surface area contributed by atoms with Crippen molar-refractivity contribution in [2.45, 2.75) is 51.7 Å². The summed E-state index contributed by atoms with van der Waals surface area (Å²) in [7, 11) is 0. The first kappa shape index (κ1) is 17.6. The van der Waals surface area contributed by atoms with Gasteiger partial charge in [0.1, 0.15) is 0 Å². The summed E-state index contributed by atoms with van der Waals surface area (Å²) in [6.45, 7) is 7.94. The molecule has 0 aromatic heterocycles. The number of rotatable bonds is 2. The van der Waals surface area contributed by atoms with Gasteiger partial charge < -0.3 is 0 Å². The van der Waals surface area contributed by atoms with Crippen LogP contribution in [0, 0.1) is 5.92 Å². The average Bonchev–Trinajstić information content (AvgIpc) is 2.39. The summed E-state index contributed by atoms with van der Waals surface area (Å²) in [4.78, 5) is 2.06. The summed E-state index contributed by atoms with van der Waals surface area (Å²) in [5.74, 6) is -1.15. The molecule has 0 atom stereocenters. The van der Waals surface area contributed by atoms with E-state index < -0.39 is 12.1 Å². The molecule has 1 saturated heterocycles. The number of piperidine rings is 1. The van der Waals surface area contributed by atoms with Gasteiger partial charge in [0.25, 0.3) is 0 Å². The lowest BCUT2D eigenvalue weighted by atomic mass is 9.86. The van der Waals surface area contributed by atoms with E-state index in [4.69, 9.17) is 11.6 Å². The molecule has 1 aliphatic rings. The fraction of sp³-hybridized carbons (Fsp3) is 0.647. The van der Waals surface area contributed by atoms with Gasteiger partial charge in [0.05, 0.1) is 5.92 Å². The molecule has 1 fully saturated rings. The quantitative estimate of drug-likeness (QED) is 0.699. The van der Waals surface area contributed by atoms with E-state index in [9.17, 15) is 13.2 Å². The van der Waals surface area contributed by atoms with Gasteiger partial charge in [-0.15, -0.1) is 0 Å². The van der Waals surface area contributed by atoms with Crippen LogP contribution in [0.5, 0.6) is 0 Å². The lowest BCUT2D eigenvalue weighted by molar-refractivity contribution is -0.185. The van der Waals surface area contributed by atoms with Crippen molar-refractivity contribution in [2.75, 3.05) is 13.1 Å². The minimum atomic E-state index is -4.06. The molecule has 0 bridgehead atoms. The molecule has 0 aliphatic carbocycles. The summed E-state index contributed by atoms with van der Waals surface area (Å²) in [6, 6.07) is 6.03. The summed E-state index contributed by atoms with van der Waals surface area (Å²) < 4.78 is 38.0. The third kappa shape index (κ3) is 4.39.